The zero-order chi connectivity index (χ0) is 12.3. The molecule has 0 saturated carbocycles. The average Bonchev–Trinajstić information content (AvgIpc) is 2.32. The highest BCUT2D eigenvalue weighted by molar-refractivity contribution is 5.34. The summed E-state index contributed by atoms with van der Waals surface area (Å²) >= 11 is 0. The first-order valence-electron chi connectivity index (χ1n) is 5.86. The molecule has 0 unspecified atom stereocenters. The van der Waals surface area contributed by atoms with Crippen molar-refractivity contribution in [3.63, 3.8) is 0 Å². The first-order chi connectivity index (χ1) is 8.13. The Morgan fingerprint density at radius 3 is 2.65 bits per heavy atom. The summed E-state index contributed by atoms with van der Waals surface area (Å²) in [5.74, 6) is 0.517. The van der Waals surface area contributed by atoms with E-state index in [9.17, 15) is 4.39 Å². The molecule has 17 heavy (non-hydrogen) atoms. The molecule has 1 aliphatic heterocycles. The zero-order valence-electron chi connectivity index (χ0n) is 10.3. The van der Waals surface area contributed by atoms with Crippen molar-refractivity contribution < 1.29 is 13.9 Å². The molecule has 1 aromatic carbocycles. The van der Waals surface area contributed by atoms with Crippen LogP contribution >= 0.6 is 0 Å². The van der Waals surface area contributed by atoms with Gasteiger partial charge in [0, 0.05) is 6.07 Å². The molecule has 0 atom stereocenters. The highest BCUT2D eigenvalue weighted by Crippen LogP contribution is 2.29. The number of methoxy groups -OCH3 is 1. The third-order valence-corrected chi connectivity index (χ3v) is 3.15. The molecule has 1 N–H and O–H groups in total. The van der Waals surface area contributed by atoms with Gasteiger partial charge in [0.15, 0.2) is 11.6 Å². The van der Waals surface area contributed by atoms with Gasteiger partial charge < -0.3 is 14.8 Å². The molecule has 0 bridgehead atoms. The van der Waals surface area contributed by atoms with Gasteiger partial charge in [-0.25, -0.2) is 4.39 Å². The van der Waals surface area contributed by atoms with E-state index in [0.717, 1.165) is 25.9 Å². The standard InChI is InChI=1S/C13H18FNO2/c1-13(5-7-15-8-6-13)17-10-3-4-11(14)12(9-10)16-2/h3-4,9,15H,5-8H2,1-2H3. The van der Waals surface area contributed by atoms with Gasteiger partial charge in [0.2, 0.25) is 0 Å². The van der Waals surface area contributed by atoms with Crippen molar-refractivity contribution in [2.24, 2.45) is 0 Å². The lowest BCUT2D eigenvalue weighted by atomic mass is 9.94. The van der Waals surface area contributed by atoms with Crippen LogP contribution in [0.15, 0.2) is 18.2 Å². The maximum Gasteiger partial charge on any atom is 0.165 e. The summed E-state index contributed by atoms with van der Waals surface area (Å²) in [6, 6.07) is 4.62. The Morgan fingerprint density at radius 1 is 1.29 bits per heavy atom. The number of hydrogen-bond donors (Lipinski definition) is 1. The molecule has 1 fully saturated rings. The van der Waals surface area contributed by atoms with Crippen molar-refractivity contribution in [2.45, 2.75) is 25.4 Å². The summed E-state index contributed by atoms with van der Waals surface area (Å²) in [5.41, 5.74) is -0.173. The lowest BCUT2D eigenvalue weighted by molar-refractivity contribution is 0.0553. The SMILES string of the molecule is COc1cc(OC2(C)CCNCC2)ccc1F. The molecule has 0 amide bonds. The third-order valence-electron chi connectivity index (χ3n) is 3.15. The fourth-order valence-corrected chi connectivity index (χ4v) is 2.05. The van der Waals surface area contributed by atoms with Gasteiger partial charge in [-0.3, -0.25) is 0 Å². The Bertz CT molecular complexity index is 389. The lowest BCUT2D eigenvalue weighted by Crippen LogP contribution is -2.43. The highest BCUT2D eigenvalue weighted by Gasteiger charge is 2.28. The van der Waals surface area contributed by atoms with Crippen LogP contribution in [0.3, 0.4) is 0 Å². The number of hydrogen-bond acceptors (Lipinski definition) is 3. The van der Waals surface area contributed by atoms with Crippen LogP contribution in [0.25, 0.3) is 0 Å². The highest BCUT2D eigenvalue weighted by atomic mass is 19.1. The molecule has 0 aliphatic carbocycles. The van der Waals surface area contributed by atoms with Crippen LogP contribution in [0, 0.1) is 5.82 Å². The molecule has 3 nitrogen and oxygen atoms in total. The van der Waals surface area contributed by atoms with Gasteiger partial charge in [-0.05, 0) is 45.0 Å². The number of nitrogens with one attached hydrogen (secondary N) is 1. The van der Waals surface area contributed by atoms with E-state index in [4.69, 9.17) is 9.47 Å². The summed E-state index contributed by atoms with van der Waals surface area (Å²) in [7, 11) is 1.45. The van der Waals surface area contributed by atoms with Crippen LogP contribution in [0.2, 0.25) is 0 Å². The molecule has 0 spiro atoms. The third kappa shape index (κ3) is 2.88. The second-order valence-electron chi connectivity index (χ2n) is 4.60. The molecule has 2 rings (SSSR count). The summed E-state index contributed by atoms with van der Waals surface area (Å²) in [6.07, 6.45) is 1.90. The summed E-state index contributed by atoms with van der Waals surface area (Å²) in [4.78, 5) is 0. The van der Waals surface area contributed by atoms with E-state index in [1.54, 1.807) is 12.1 Å². The minimum absolute atomic E-state index is 0.173. The minimum Gasteiger partial charge on any atom is -0.494 e. The number of piperidine rings is 1. The van der Waals surface area contributed by atoms with Crippen molar-refractivity contribution >= 4 is 0 Å². The molecule has 0 radical (unpaired) electrons. The molecule has 1 heterocycles. The summed E-state index contributed by atoms with van der Waals surface area (Å²) in [5, 5.41) is 3.29. The van der Waals surface area contributed by atoms with Crippen molar-refractivity contribution in [2.75, 3.05) is 20.2 Å². The first kappa shape index (κ1) is 12.2. The van der Waals surface area contributed by atoms with Gasteiger partial charge in [-0.2, -0.15) is 0 Å². The van der Waals surface area contributed by atoms with Gasteiger partial charge >= 0.3 is 0 Å². The Hall–Kier alpha value is -1.29. The number of halogens is 1. The zero-order valence-corrected chi connectivity index (χ0v) is 10.3. The monoisotopic (exact) mass is 239 g/mol. The Balaban J connectivity index is 2.12. The lowest BCUT2D eigenvalue weighted by Gasteiger charge is -2.34. The van der Waals surface area contributed by atoms with Gasteiger partial charge in [0.05, 0.1) is 7.11 Å². The quantitative estimate of drug-likeness (QED) is 0.878. The van der Waals surface area contributed by atoms with Gasteiger partial charge in [0.1, 0.15) is 11.4 Å². The van der Waals surface area contributed by atoms with Gasteiger partial charge in [-0.1, -0.05) is 0 Å². The van der Waals surface area contributed by atoms with E-state index in [-0.39, 0.29) is 17.2 Å². The van der Waals surface area contributed by atoms with Crippen molar-refractivity contribution in [3.05, 3.63) is 24.0 Å². The van der Waals surface area contributed by atoms with Crippen LogP contribution in [0.5, 0.6) is 11.5 Å². The van der Waals surface area contributed by atoms with Crippen LogP contribution < -0.4 is 14.8 Å². The second kappa shape index (κ2) is 4.92. The van der Waals surface area contributed by atoms with Crippen LogP contribution in [0.1, 0.15) is 19.8 Å². The summed E-state index contributed by atoms with van der Waals surface area (Å²) < 4.78 is 24.1. The molecular weight excluding hydrogens is 221 g/mol. The largest absolute Gasteiger partial charge is 0.494 e. The molecule has 1 aromatic rings. The Morgan fingerprint density at radius 2 is 2.00 bits per heavy atom. The van der Waals surface area contributed by atoms with E-state index in [2.05, 4.69) is 12.2 Å². The molecule has 94 valence electrons. The maximum absolute atomic E-state index is 13.3. The minimum atomic E-state index is -0.365. The molecule has 0 aromatic heterocycles. The topological polar surface area (TPSA) is 30.5 Å². The van der Waals surface area contributed by atoms with Crippen molar-refractivity contribution in [3.8, 4) is 11.5 Å². The van der Waals surface area contributed by atoms with E-state index in [1.807, 2.05) is 0 Å². The number of rotatable bonds is 3. The fourth-order valence-electron chi connectivity index (χ4n) is 2.05. The maximum atomic E-state index is 13.3. The normalized spacial score (nSPS) is 18.8. The van der Waals surface area contributed by atoms with Crippen LogP contribution in [-0.4, -0.2) is 25.8 Å². The van der Waals surface area contributed by atoms with Crippen molar-refractivity contribution in [1.82, 2.24) is 5.32 Å². The van der Waals surface area contributed by atoms with E-state index in [0.29, 0.717) is 5.75 Å². The van der Waals surface area contributed by atoms with Gasteiger partial charge in [0.25, 0.3) is 0 Å². The fraction of sp³-hybridized carbons (Fsp3) is 0.538. The summed E-state index contributed by atoms with van der Waals surface area (Å²) in [6.45, 7) is 3.99. The predicted octanol–water partition coefficient (Wildman–Crippen LogP) is 2.36. The number of benzene rings is 1. The van der Waals surface area contributed by atoms with E-state index >= 15 is 0 Å². The van der Waals surface area contributed by atoms with Crippen LogP contribution in [-0.2, 0) is 0 Å². The van der Waals surface area contributed by atoms with E-state index < -0.39 is 0 Å². The number of ether oxygens (including phenoxy) is 2. The van der Waals surface area contributed by atoms with Crippen LogP contribution in [0.4, 0.5) is 4.39 Å². The average molecular weight is 239 g/mol. The Kier molecular flexibility index (Phi) is 3.52. The smallest absolute Gasteiger partial charge is 0.165 e. The first-order valence-corrected chi connectivity index (χ1v) is 5.86. The van der Waals surface area contributed by atoms with E-state index in [1.165, 1.54) is 13.2 Å². The molecule has 1 aliphatic rings. The van der Waals surface area contributed by atoms with Crippen molar-refractivity contribution in [1.29, 1.82) is 0 Å². The second-order valence-corrected chi connectivity index (χ2v) is 4.60. The Labute approximate surface area is 101 Å². The molecule has 1 saturated heterocycles. The molecule has 4 heteroatoms. The van der Waals surface area contributed by atoms with Gasteiger partial charge in [-0.15, -0.1) is 0 Å². The predicted molar refractivity (Wildman–Crippen MR) is 64.1 cm³/mol. The molecular formula is C13H18FNO2.